The van der Waals surface area contributed by atoms with Crippen LogP contribution in [0.25, 0.3) is 22.3 Å². The monoisotopic (exact) mass is 419 g/mol. The van der Waals surface area contributed by atoms with Crippen LogP contribution in [0, 0.1) is 6.92 Å². The number of alkyl halides is 2. The standard InChI is InChI=1S/C19H19F2N5O2S/c1-12-2-3-14(28-12)17-23-13(18-22-6-9-29-18)10-15(25-17)24-16(27)11-26-7-4-19(20,21)5-8-26/h2-3,6,9-10H,4-5,7-8,11H2,1H3,(H,23,24,25,27). The minimum atomic E-state index is -2.64. The lowest BCUT2D eigenvalue weighted by molar-refractivity contribution is -0.119. The summed E-state index contributed by atoms with van der Waals surface area (Å²) in [5, 5.41) is 5.26. The highest BCUT2D eigenvalue weighted by atomic mass is 32.1. The molecule has 7 nitrogen and oxygen atoms in total. The van der Waals surface area contributed by atoms with Crippen molar-refractivity contribution >= 4 is 23.1 Å². The van der Waals surface area contributed by atoms with Crippen LogP contribution in [-0.4, -0.2) is 51.3 Å². The van der Waals surface area contributed by atoms with Gasteiger partial charge in [0.2, 0.25) is 5.91 Å². The van der Waals surface area contributed by atoms with Crippen molar-refractivity contribution < 1.29 is 18.0 Å². The Bertz CT molecular complexity index is 996. The number of hydrogen-bond acceptors (Lipinski definition) is 7. The molecule has 0 saturated carbocycles. The zero-order chi connectivity index (χ0) is 20.4. The van der Waals surface area contributed by atoms with E-state index in [-0.39, 0.29) is 38.4 Å². The highest BCUT2D eigenvalue weighted by molar-refractivity contribution is 7.13. The fraction of sp³-hybridized carbons (Fsp3) is 0.368. The van der Waals surface area contributed by atoms with Gasteiger partial charge in [-0.2, -0.15) is 0 Å². The van der Waals surface area contributed by atoms with E-state index < -0.39 is 5.92 Å². The Morgan fingerprint density at radius 2 is 2.10 bits per heavy atom. The van der Waals surface area contributed by atoms with Crippen LogP contribution in [0.4, 0.5) is 14.6 Å². The number of likely N-dealkylation sites (tertiary alicyclic amines) is 1. The molecule has 1 saturated heterocycles. The molecule has 3 aromatic rings. The number of thiazole rings is 1. The molecule has 0 aromatic carbocycles. The molecule has 29 heavy (non-hydrogen) atoms. The molecule has 0 bridgehead atoms. The van der Waals surface area contributed by atoms with Crippen molar-refractivity contribution in [3.8, 4) is 22.3 Å². The quantitative estimate of drug-likeness (QED) is 0.677. The first-order valence-corrected chi connectivity index (χ1v) is 10.0. The number of nitrogens with one attached hydrogen (secondary N) is 1. The first kappa shape index (κ1) is 19.6. The molecule has 1 aliphatic heterocycles. The van der Waals surface area contributed by atoms with Gasteiger partial charge in [0.05, 0.1) is 6.54 Å². The van der Waals surface area contributed by atoms with E-state index in [2.05, 4.69) is 20.3 Å². The summed E-state index contributed by atoms with van der Waals surface area (Å²) in [6, 6.07) is 5.20. The van der Waals surface area contributed by atoms with E-state index in [0.29, 0.717) is 28.1 Å². The minimum Gasteiger partial charge on any atom is -0.458 e. The second kappa shape index (κ2) is 7.96. The maximum atomic E-state index is 13.3. The van der Waals surface area contributed by atoms with E-state index in [1.165, 1.54) is 11.3 Å². The van der Waals surface area contributed by atoms with Gasteiger partial charge in [-0.15, -0.1) is 11.3 Å². The maximum Gasteiger partial charge on any atom is 0.250 e. The lowest BCUT2D eigenvalue weighted by Gasteiger charge is -2.31. The normalized spacial score (nSPS) is 16.7. The zero-order valence-electron chi connectivity index (χ0n) is 15.7. The van der Waals surface area contributed by atoms with E-state index in [0.717, 1.165) is 5.76 Å². The summed E-state index contributed by atoms with van der Waals surface area (Å²) in [6.45, 7) is 2.22. The fourth-order valence-corrected chi connectivity index (χ4v) is 3.66. The average Bonchev–Trinajstić information content (AvgIpc) is 3.35. The van der Waals surface area contributed by atoms with Gasteiger partial charge in [-0.1, -0.05) is 0 Å². The van der Waals surface area contributed by atoms with Crippen molar-refractivity contribution in [2.45, 2.75) is 25.7 Å². The summed E-state index contributed by atoms with van der Waals surface area (Å²) in [5.74, 6) is -1.12. The number of anilines is 1. The van der Waals surface area contributed by atoms with Crippen molar-refractivity contribution in [2.24, 2.45) is 0 Å². The van der Waals surface area contributed by atoms with Crippen molar-refractivity contribution in [1.82, 2.24) is 19.9 Å². The molecular weight excluding hydrogens is 400 g/mol. The molecule has 152 valence electrons. The molecule has 4 rings (SSSR count). The van der Waals surface area contributed by atoms with Crippen molar-refractivity contribution in [1.29, 1.82) is 0 Å². The van der Waals surface area contributed by atoms with E-state index in [9.17, 15) is 13.6 Å². The number of aryl methyl sites for hydroxylation is 1. The molecule has 1 amide bonds. The number of carbonyl (C=O) groups excluding carboxylic acids is 1. The van der Waals surface area contributed by atoms with Gasteiger partial charge < -0.3 is 9.73 Å². The predicted octanol–water partition coefficient (Wildman–Crippen LogP) is 3.84. The molecule has 1 fully saturated rings. The molecule has 0 spiro atoms. The van der Waals surface area contributed by atoms with Gasteiger partial charge in [0, 0.05) is 43.6 Å². The molecule has 10 heteroatoms. The molecular formula is C19H19F2N5O2S. The van der Waals surface area contributed by atoms with E-state index >= 15 is 0 Å². The van der Waals surface area contributed by atoms with Crippen LogP contribution in [0.5, 0.6) is 0 Å². The lowest BCUT2D eigenvalue weighted by Crippen LogP contribution is -2.43. The summed E-state index contributed by atoms with van der Waals surface area (Å²) in [4.78, 5) is 27.3. The molecule has 3 aromatic heterocycles. The smallest absolute Gasteiger partial charge is 0.250 e. The number of aromatic nitrogens is 3. The first-order chi connectivity index (χ1) is 13.9. The van der Waals surface area contributed by atoms with Crippen molar-refractivity contribution in [2.75, 3.05) is 25.0 Å². The van der Waals surface area contributed by atoms with E-state index in [1.807, 2.05) is 12.3 Å². The topological polar surface area (TPSA) is 84.2 Å². The number of furan rings is 1. The molecule has 0 aliphatic carbocycles. The Morgan fingerprint density at radius 3 is 2.76 bits per heavy atom. The number of rotatable bonds is 5. The van der Waals surface area contributed by atoms with Crippen LogP contribution in [0.15, 0.2) is 34.2 Å². The van der Waals surface area contributed by atoms with Gasteiger partial charge in [0.1, 0.15) is 22.3 Å². The number of carbonyl (C=O) groups is 1. The number of amides is 1. The predicted molar refractivity (Wildman–Crippen MR) is 105 cm³/mol. The Labute approximate surface area is 169 Å². The highest BCUT2D eigenvalue weighted by Crippen LogP contribution is 2.28. The number of piperidine rings is 1. The number of nitrogens with zero attached hydrogens (tertiary/aromatic N) is 4. The summed E-state index contributed by atoms with van der Waals surface area (Å²) in [7, 11) is 0. The van der Waals surface area contributed by atoms with Gasteiger partial charge in [0.15, 0.2) is 11.6 Å². The third-order valence-corrected chi connectivity index (χ3v) is 5.36. The van der Waals surface area contributed by atoms with E-state index in [1.54, 1.807) is 29.3 Å². The number of halogens is 2. The fourth-order valence-electron chi connectivity index (χ4n) is 3.06. The summed E-state index contributed by atoms with van der Waals surface area (Å²) in [6.07, 6.45) is 1.21. The van der Waals surface area contributed by atoms with Crippen LogP contribution >= 0.6 is 11.3 Å². The third kappa shape index (κ3) is 4.83. The summed E-state index contributed by atoms with van der Waals surface area (Å²) in [5.41, 5.74) is 0.562. The SMILES string of the molecule is Cc1ccc(-c2nc(NC(=O)CN3CCC(F)(F)CC3)cc(-c3nccs3)n2)o1. The largest absolute Gasteiger partial charge is 0.458 e. The van der Waals surface area contributed by atoms with Crippen LogP contribution in [0.1, 0.15) is 18.6 Å². The first-order valence-electron chi connectivity index (χ1n) is 9.14. The Kier molecular flexibility index (Phi) is 5.37. The lowest BCUT2D eigenvalue weighted by atomic mass is 10.1. The highest BCUT2D eigenvalue weighted by Gasteiger charge is 2.34. The minimum absolute atomic E-state index is 0.0296. The van der Waals surface area contributed by atoms with Crippen LogP contribution in [0.2, 0.25) is 0 Å². The number of hydrogen-bond donors (Lipinski definition) is 1. The molecule has 0 atom stereocenters. The maximum absolute atomic E-state index is 13.3. The Hall–Kier alpha value is -2.72. The van der Waals surface area contributed by atoms with Crippen LogP contribution < -0.4 is 5.32 Å². The molecule has 0 radical (unpaired) electrons. The molecule has 1 N–H and O–H groups in total. The van der Waals surface area contributed by atoms with Gasteiger partial charge >= 0.3 is 0 Å². The Morgan fingerprint density at radius 1 is 1.31 bits per heavy atom. The molecule has 1 aliphatic rings. The second-order valence-corrected chi connectivity index (χ2v) is 7.78. The van der Waals surface area contributed by atoms with E-state index in [4.69, 9.17) is 4.42 Å². The van der Waals surface area contributed by atoms with Gasteiger partial charge in [-0.05, 0) is 19.1 Å². The zero-order valence-corrected chi connectivity index (χ0v) is 16.5. The third-order valence-electron chi connectivity index (χ3n) is 4.56. The molecule has 0 unspecified atom stereocenters. The second-order valence-electron chi connectivity index (χ2n) is 6.89. The average molecular weight is 419 g/mol. The summed E-state index contributed by atoms with van der Waals surface area (Å²) < 4.78 is 32.2. The summed E-state index contributed by atoms with van der Waals surface area (Å²) >= 11 is 1.42. The molecule has 4 heterocycles. The van der Waals surface area contributed by atoms with Gasteiger partial charge in [-0.25, -0.2) is 23.7 Å². The van der Waals surface area contributed by atoms with Crippen molar-refractivity contribution in [3.63, 3.8) is 0 Å². The Balaban J connectivity index is 1.53. The van der Waals surface area contributed by atoms with Crippen molar-refractivity contribution in [3.05, 3.63) is 35.5 Å². The van der Waals surface area contributed by atoms with Gasteiger partial charge in [-0.3, -0.25) is 9.69 Å². The van der Waals surface area contributed by atoms with Crippen LogP contribution in [0.3, 0.4) is 0 Å². The van der Waals surface area contributed by atoms with Crippen LogP contribution in [-0.2, 0) is 4.79 Å². The van der Waals surface area contributed by atoms with Gasteiger partial charge in [0.25, 0.3) is 5.92 Å².